The Hall–Kier alpha value is -2.34. The molecule has 9 nitrogen and oxygen atoms in total. The van der Waals surface area contributed by atoms with Crippen molar-refractivity contribution in [2.75, 3.05) is 58.3 Å². The van der Waals surface area contributed by atoms with Crippen LogP contribution in [-0.4, -0.2) is 84.9 Å². The first-order valence-corrected chi connectivity index (χ1v) is 11.1. The third kappa shape index (κ3) is 8.18. The normalized spacial score (nSPS) is 14.5. The first-order valence-electron chi connectivity index (χ1n) is 11.1. The van der Waals surface area contributed by atoms with Gasteiger partial charge in [0.15, 0.2) is 5.96 Å². The van der Waals surface area contributed by atoms with Gasteiger partial charge in [0.05, 0.1) is 25.0 Å². The predicted molar refractivity (Wildman–Crippen MR) is 142 cm³/mol. The number of nitrogens with zero attached hydrogens (tertiary/aromatic N) is 6. The summed E-state index contributed by atoms with van der Waals surface area (Å²) in [5.74, 6) is 1.68. The molecule has 0 bridgehead atoms. The molecule has 1 aliphatic rings. The van der Waals surface area contributed by atoms with Gasteiger partial charge in [-0.15, -0.1) is 24.0 Å². The van der Waals surface area contributed by atoms with Crippen molar-refractivity contribution in [3.8, 4) is 5.75 Å². The molecule has 1 aromatic carbocycles. The van der Waals surface area contributed by atoms with Crippen molar-refractivity contribution in [3.05, 3.63) is 42.2 Å². The van der Waals surface area contributed by atoms with Crippen LogP contribution in [0.15, 0.2) is 41.7 Å². The molecule has 2 aromatic rings. The Bertz CT molecular complexity index is 898. The van der Waals surface area contributed by atoms with Crippen LogP contribution in [0.5, 0.6) is 5.75 Å². The van der Waals surface area contributed by atoms with E-state index < -0.39 is 0 Å². The summed E-state index contributed by atoms with van der Waals surface area (Å²) in [6.45, 7) is 6.65. The molecule has 0 saturated carbocycles. The number of aliphatic imine (C=N–C) groups is 1. The van der Waals surface area contributed by atoms with Gasteiger partial charge in [-0.05, 0) is 45.1 Å². The molecule has 0 atom stereocenters. The van der Waals surface area contributed by atoms with Crippen LogP contribution in [0.25, 0.3) is 0 Å². The van der Waals surface area contributed by atoms with Crippen LogP contribution in [-0.2, 0) is 18.4 Å². The van der Waals surface area contributed by atoms with Gasteiger partial charge in [-0.1, -0.05) is 12.1 Å². The highest BCUT2D eigenvalue weighted by Gasteiger charge is 2.27. The van der Waals surface area contributed by atoms with E-state index in [1.807, 2.05) is 49.3 Å². The van der Waals surface area contributed by atoms with Crippen molar-refractivity contribution < 1.29 is 9.53 Å². The van der Waals surface area contributed by atoms with E-state index in [2.05, 4.69) is 29.4 Å². The maximum Gasteiger partial charge on any atom is 0.246 e. The van der Waals surface area contributed by atoms with Crippen molar-refractivity contribution in [2.45, 2.75) is 19.9 Å². The molecule has 10 heteroatoms. The molecule has 0 unspecified atom stereocenters. The summed E-state index contributed by atoms with van der Waals surface area (Å²) in [6.07, 6.45) is 4.59. The lowest BCUT2D eigenvalue weighted by molar-refractivity contribution is -0.120. The van der Waals surface area contributed by atoms with Crippen LogP contribution in [0, 0.1) is 0 Å². The SMILES string of the molecule is CCNC(=NCc1ccc(OCCCN(C)C)cc1)N1CCN(c2cnn(C)c2)C(=O)C1.I. The van der Waals surface area contributed by atoms with Crippen LogP contribution in [0.3, 0.4) is 0 Å². The minimum absolute atomic E-state index is 0. The topological polar surface area (TPSA) is 78.2 Å². The molecule has 3 rings (SSSR count). The quantitative estimate of drug-likeness (QED) is 0.216. The number of halogens is 1. The van der Waals surface area contributed by atoms with Crippen LogP contribution in [0.2, 0.25) is 0 Å². The van der Waals surface area contributed by atoms with Gasteiger partial charge < -0.3 is 24.8 Å². The van der Waals surface area contributed by atoms with Gasteiger partial charge in [0.1, 0.15) is 12.3 Å². The lowest BCUT2D eigenvalue weighted by Crippen LogP contribution is -2.55. The first kappa shape index (κ1) is 26.9. The standard InChI is InChI=1S/C23H35N7O2.HI/c1-5-24-23(29-12-13-30(22(31)18-29)20-16-26-28(4)17-20)25-15-19-7-9-21(10-8-19)32-14-6-11-27(2)3;/h7-10,16-17H,5-6,11-15,18H2,1-4H3,(H,24,25);1H. The molecule has 1 aromatic heterocycles. The molecule has 0 aliphatic carbocycles. The number of amides is 1. The number of piperazine rings is 1. The van der Waals surface area contributed by atoms with Gasteiger partial charge in [-0.3, -0.25) is 9.48 Å². The highest BCUT2D eigenvalue weighted by atomic mass is 127. The van der Waals surface area contributed by atoms with Crippen molar-refractivity contribution in [1.29, 1.82) is 0 Å². The number of hydrogen-bond donors (Lipinski definition) is 1. The minimum atomic E-state index is 0. The fourth-order valence-corrected chi connectivity index (χ4v) is 3.53. The van der Waals surface area contributed by atoms with Gasteiger partial charge in [0, 0.05) is 39.4 Å². The monoisotopic (exact) mass is 569 g/mol. The number of aryl methyl sites for hydroxylation is 1. The number of nitrogens with one attached hydrogen (secondary N) is 1. The average molecular weight is 569 g/mol. The molecule has 2 heterocycles. The Balaban J connectivity index is 0.00000385. The van der Waals surface area contributed by atoms with Crippen molar-refractivity contribution >= 4 is 41.5 Å². The Labute approximate surface area is 213 Å². The van der Waals surface area contributed by atoms with E-state index in [9.17, 15) is 4.79 Å². The molecular weight excluding hydrogens is 533 g/mol. The van der Waals surface area contributed by atoms with Gasteiger partial charge >= 0.3 is 0 Å². The van der Waals surface area contributed by atoms with E-state index in [1.165, 1.54) is 0 Å². The molecule has 1 fully saturated rings. The molecule has 1 amide bonds. The Morgan fingerprint density at radius 3 is 2.61 bits per heavy atom. The lowest BCUT2D eigenvalue weighted by atomic mass is 10.2. The Morgan fingerprint density at radius 1 is 1.24 bits per heavy atom. The maximum atomic E-state index is 12.7. The molecule has 182 valence electrons. The minimum Gasteiger partial charge on any atom is -0.494 e. The predicted octanol–water partition coefficient (Wildman–Crippen LogP) is 2.18. The molecule has 0 radical (unpaired) electrons. The van der Waals surface area contributed by atoms with Crippen LogP contribution >= 0.6 is 24.0 Å². The second-order valence-electron chi connectivity index (χ2n) is 8.16. The maximum absolute atomic E-state index is 12.7. The van der Waals surface area contributed by atoms with Crippen LogP contribution in [0.1, 0.15) is 18.9 Å². The highest BCUT2D eigenvalue weighted by molar-refractivity contribution is 14.0. The number of benzene rings is 1. The molecule has 0 spiro atoms. The summed E-state index contributed by atoms with van der Waals surface area (Å²) in [5.41, 5.74) is 1.93. The van der Waals surface area contributed by atoms with Crippen molar-refractivity contribution in [2.24, 2.45) is 12.0 Å². The van der Waals surface area contributed by atoms with Crippen LogP contribution < -0.4 is 15.0 Å². The fourth-order valence-electron chi connectivity index (χ4n) is 3.53. The summed E-state index contributed by atoms with van der Waals surface area (Å²) in [6, 6.07) is 8.06. The zero-order chi connectivity index (χ0) is 22.9. The number of carbonyl (C=O) groups excluding carboxylic acids is 1. The van der Waals surface area contributed by atoms with E-state index in [1.54, 1.807) is 15.8 Å². The number of aromatic nitrogens is 2. The molecule has 1 N–H and O–H groups in total. The summed E-state index contributed by atoms with van der Waals surface area (Å²) < 4.78 is 7.51. The zero-order valence-electron chi connectivity index (χ0n) is 20.0. The molecular formula is C23H36IN7O2. The number of carbonyl (C=O) groups is 1. The van der Waals surface area contributed by atoms with E-state index in [0.29, 0.717) is 32.8 Å². The van der Waals surface area contributed by atoms with E-state index >= 15 is 0 Å². The number of ether oxygens (including phenoxy) is 1. The number of hydrogen-bond acceptors (Lipinski definition) is 5. The van der Waals surface area contributed by atoms with Gasteiger partial charge in [-0.25, -0.2) is 4.99 Å². The van der Waals surface area contributed by atoms with E-state index in [0.717, 1.165) is 42.5 Å². The number of anilines is 1. The van der Waals surface area contributed by atoms with Crippen molar-refractivity contribution in [1.82, 2.24) is 24.9 Å². The second-order valence-corrected chi connectivity index (χ2v) is 8.16. The van der Waals surface area contributed by atoms with Gasteiger partial charge in [0.25, 0.3) is 0 Å². The molecule has 1 aliphatic heterocycles. The lowest BCUT2D eigenvalue weighted by Gasteiger charge is -2.35. The molecule has 1 saturated heterocycles. The van der Waals surface area contributed by atoms with Gasteiger partial charge in [-0.2, -0.15) is 5.10 Å². The number of rotatable bonds is 9. The summed E-state index contributed by atoms with van der Waals surface area (Å²) in [4.78, 5) is 23.4. The summed E-state index contributed by atoms with van der Waals surface area (Å²) in [5, 5.41) is 7.49. The van der Waals surface area contributed by atoms with Crippen molar-refractivity contribution in [3.63, 3.8) is 0 Å². The largest absolute Gasteiger partial charge is 0.494 e. The van der Waals surface area contributed by atoms with E-state index in [4.69, 9.17) is 9.73 Å². The number of guanidine groups is 1. The molecule has 33 heavy (non-hydrogen) atoms. The Morgan fingerprint density at radius 2 is 2.00 bits per heavy atom. The third-order valence-electron chi connectivity index (χ3n) is 5.21. The smallest absolute Gasteiger partial charge is 0.246 e. The van der Waals surface area contributed by atoms with E-state index in [-0.39, 0.29) is 29.9 Å². The summed E-state index contributed by atoms with van der Waals surface area (Å²) >= 11 is 0. The fraction of sp³-hybridized carbons (Fsp3) is 0.522. The Kier molecular flexibility index (Phi) is 10.9. The van der Waals surface area contributed by atoms with Gasteiger partial charge in [0.2, 0.25) is 5.91 Å². The summed E-state index contributed by atoms with van der Waals surface area (Å²) in [7, 11) is 5.98. The highest BCUT2D eigenvalue weighted by Crippen LogP contribution is 2.17. The third-order valence-corrected chi connectivity index (χ3v) is 5.21. The average Bonchev–Trinajstić information content (AvgIpc) is 3.20. The second kappa shape index (κ2) is 13.4. The zero-order valence-corrected chi connectivity index (χ0v) is 22.4. The first-order chi connectivity index (χ1) is 15.5. The van der Waals surface area contributed by atoms with Crippen LogP contribution in [0.4, 0.5) is 5.69 Å².